The molecule has 12 heteroatoms. The predicted octanol–water partition coefficient (Wildman–Crippen LogP) is 38.9. The molecule has 8 nitrogen and oxygen atoms in total. The van der Waals surface area contributed by atoms with Crippen molar-refractivity contribution in [2.75, 3.05) is 0 Å². The molecular weight excluding hydrogens is 1870 g/mol. The Labute approximate surface area is 859 Å². The fraction of sp³-hybridized carbons (Fsp3) is 0. The molecule has 0 atom stereocenters. The van der Waals surface area contributed by atoms with E-state index in [0.717, 1.165) is 0 Å². The topological polar surface area (TPSA) is 71.3 Å². The summed E-state index contributed by atoms with van der Waals surface area (Å²) in [5, 5.41) is 48.5. The summed E-state index contributed by atoms with van der Waals surface area (Å²) in [6, 6.07) is 155. The predicted molar refractivity (Wildman–Crippen MR) is 638 cm³/mol. The first-order chi connectivity index (χ1) is 73.5. The third kappa shape index (κ3) is 12.2. The molecule has 148 heavy (non-hydrogen) atoms. The Bertz CT molecular complexity index is 11900. The van der Waals surface area contributed by atoms with Crippen molar-refractivity contribution in [3.05, 3.63) is 474 Å². The number of fused-ring (bicyclic) bond motifs is 49. The van der Waals surface area contributed by atoms with Crippen molar-refractivity contribution in [2.45, 2.75) is 0 Å². The summed E-state index contributed by atoms with van der Waals surface area (Å²) >= 11 is 7.48. The molecule has 0 fully saturated rings. The van der Waals surface area contributed by atoms with Crippen molar-refractivity contribution >= 4 is 332 Å². The lowest BCUT2D eigenvalue weighted by molar-refractivity contribution is 1.19. The number of aromatic nitrogens is 8. The minimum absolute atomic E-state index is 1.18. The van der Waals surface area contributed by atoms with E-state index in [-0.39, 0.29) is 0 Å². The molecule has 686 valence electrons. The maximum Gasteiger partial charge on any atom is 0.0640 e. The number of nitrogens with zero attached hydrogens (tertiary/aromatic N) is 8. The highest BCUT2D eigenvalue weighted by atomic mass is 32.1. The van der Waals surface area contributed by atoms with Gasteiger partial charge < -0.3 is 18.3 Å². The van der Waals surface area contributed by atoms with Crippen LogP contribution in [0, 0.1) is 0 Å². The summed E-state index contributed by atoms with van der Waals surface area (Å²) < 4.78 is 20.4. The number of pyridine rings is 4. The normalized spacial score (nSPS) is 12.2. The number of hydrogen-bond donors (Lipinski definition) is 0. The Kier molecular flexibility index (Phi) is 18.3. The quantitative estimate of drug-likeness (QED) is 0.130. The molecule has 23 aromatic carbocycles. The third-order valence-corrected chi connectivity index (χ3v) is 35.9. The fourth-order valence-electron chi connectivity index (χ4n) is 24.8. The van der Waals surface area contributed by atoms with E-state index < -0.39 is 0 Å². The van der Waals surface area contributed by atoms with Gasteiger partial charge in [0.1, 0.15) is 0 Å². The summed E-state index contributed by atoms with van der Waals surface area (Å²) in [5.41, 5.74) is 14.8. The summed E-state index contributed by atoms with van der Waals surface area (Å²) in [5.74, 6) is 0. The first-order valence-corrected chi connectivity index (χ1v) is 53.4. The van der Waals surface area contributed by atoms with Gasteiger partial charge in [-0.25, -0.2) is 0 Å². The van der Waals surface area contributed by atoms with Crippen LogP contribution < -0.4 is 0 Å². The van der Waals surface area contributed by atoms with Gasteiger partial charge in [0, 0.05) is 217 Å². The van der Waals surface area contributed by atoms with Gasteiger partial charge in [-0.05, 0) is 219 Å². The van der Waals surface area contributed by atoms with Crippen LogP contribution in [0.25, 0.3) is 309 Å². The van der Waals surface area contributed by atoms with Crippen LogP contribution >= 0.6 is 45.3 Å². The van der Waals surface area contributed by atoms with E-state index in [1.54, 1.807) is 0 Å². The molecule has 35 rings (SSSR count). The van der Waals surface area contributed by atoms with Crippen LogP contribution in [0.15, 0.2) is 474 Å². The van der Waals surface area contributed by atoms with Crippen LogP contribution in [0.5, 0.6) is 0 Å². The first kappa shape index (κ1) is 83.1. The van der Waals surface area contributed by atoms with Crippen LogP contribution in [-0.2, 0) is 0 Å². The van der Waals surface area contributed by atoms with Crippen molar-refractivity contribution in [2.24, 2.45) is 0 Å². The molecule has 0 saturated heterocycles. The van der Waals surface area contributed by atoms with Crippen molar-refractivity contribution in [1.29, 1.82) is 0 Å². The molecule has 0 unspecified atom stereocenters. The van der Waals surface area contributed by atoms with Crippen LogP contribution in [0.4, 0.5) is 0 Å². The molecule has 0 aliphatic carbocycles. The molecule has 0 spiro atoms. The van der Waals surface area contributed by atoms with Gasteiger partial charge in [-0.2, -0.15) is 0 Å². The van der Waals surface area contributed by atoms with E-state index in [4.69, 9.17) is 0 Å². The Hall–Kier alpha value is -18.4. The molecule has 0 radical (unpaired) electrons. The lowest BCUT2D eigenvalue weighted by Crippen LogP contribution is -1.96. The molecule has 0 saturated carbocycles. The van der Waals surface area contributed by atoms with E-state index in [1.807, 2.05) is 94.9 Å². The Balaban J connectivity index is 0.0000000876. The largest absolute Gasteiger partial charge is 0.309 e. The average molecular weight is 1950 g/mol. The number of rotatable bonds is 4. The molecular formula is C136H78N8S4. The highest BCUT2D eigenvalue weighted by Crippen LogP contribution is 2.55. The van der Waals surface area contributed by atoms with Crippen LogP contribution in [0.1, 0.15) is 0 Å². The molecule has 0 aliphatic heterocycles. The van der Waals surface area contributed by atoms with E-state index in [0.29, 0.717) is 0 Å². The van der Waals surface area contributed by atoms with E-state index in [9.17, 15) is 0 Å². The molecule has 12 aromatic heterocycles. The van der Waals surface area contributed by atoms with E-state index >= 15 is 0 Å². The highest BCUT2D eigenvalue weighted by Gasteiger charge is 2.30. The molecule has 35 aromatic rings. The van der Waals surface area contributed by atoms with E-state index in [2.05, 4.69) is 463 Å². The van der Waals surface area contributed by atoms with E-state index in [1.165, 1.54) is 309 Å². The van der Waals surface area contributed by atoms with Gasteiger partial charge in [0.05, 0.1) is 49.8 Å². The van der Waals surface area contributed by atoms with Gasteiger partial charge in [-0.1, -0.05) is 297 Å². The van der Waals surface area contributed by atoms with Gasteiger partial charge in [-0.3, -0.25) is 19.9 Å². The fourth-order valence-corrected chi connectivity index (χ4v) is 29.7. The first-order valence-electron chi connectivity index (χ1n) is 50.1. The molecule has 0 aliphatic rings. The zero-order valence-electron chi connectivity index (χ0n) is 79.2. The van der Waals surface area contributed by atoms with Gasteiger partial charge in [-0.15, -0.1) is 45.3 Å². The zero-order valence-corrected chi connectivity index (χ0v) is 82.5. The van der Waals surface area contributed by atoms with Gasteiger partial charge in [0.25, 0.3) is 0 Å². The van der Waals surface area contributed by atoms with Crippen LogP contribution in [0.2, 0.25) is 0 Å². The second-order valence-corrected chi connectivity index (χ2v) is 43.0. The zero-order chi connectivity index (χ0) is 96.6. The second-order valence-electron chi connectivity index (χ2n) is 38.8. The molecule has 12 heterocycles. The minimum Gasteiger partial charge on any atom is -0.309 e. The van der Waals surface area contributed by atoms with Gasteiger partial charge in [0.2, 0.25) is 0 Å². The lowest BCUT2D eigenvalue weighted by Gasteiger charge is -2.14. The lowest BCUT2D eigenvalue weighted by atomic mass is 10.00. The standard InChI is InChI=1S/3C35H20N2S.C31H18N2S/c1-2-9-22-21(8-1)16-17-24-23(22)12-7-14-29(24)37-30-13-5-3-10-26(30)32-25-18-19-36-20-28(25)35-33(34(32)37)27-11-4-6-15-31(27)38-35;1-2-8-22-18-24-19-25(14-13-23(24)17-21(22)7-1)37-30-11-5-3-9-27(30)32-26-15-16-36-20-29(26)35-33(34(32)37)28-10-4-6-12-31(28)38-35;1-2-8-24-21(7-1)13-14-22-15-16-23(19-28(22)24)37-30-11-5-3-9-26(30)32-25-17-18-36-20-29(25)35-33(34(32)37)27-10-4-6-12-31(27)38-35;1-2-8-20-17-21(14-13-19(20)7-1)33-26-11-5-3-9-23(26)28-22-15-16-32-18-25(22)31-29(30(28)33)24-10-4-6-12-27(24)34-31/h3*1-20H;1-18H. The Morgan fingerprint density at radius 2 is 0.419 bits per heavy atom. The number of para-hydroxylation sites is 4. The van der Waals surface area contributed by atoms with Crippen molar-refractivity contribution in [1.82, 2.24) is 38.2 Å². The van der Waals surface area contributed by atoms with Crippen LogP contribution in [0.3, 0.4) is 0 Å². The Morgan fingerprint density at radius 3 is 0.831 bits per heavy atom. The summed E-state index contributed by atoms with van der Waals surface area (Å²) in [4.78, 5) is 18.2. The average Bonchev–Trinajstić information content (AvgIpc) is 1.54. The van der Waals surface area contributed by atoms with Crippen LogP contribution in [-0.4, -0.2) is 38.2 Å². The smallest absolute Gasteiger partial charge is 0.0640 e. The highest BCUT2D eigenvalue weighted by molar-refractivity contribution is 7.28. The molecule has 0 bridgehead atoms. The summed E-state index contributed by atoms with van der Waals surface area (Å²) in [6.45, 7) is 0. The SMILES string of the molecule is c1ccc2c(c1)ccc1c(-n3c4ccccc4c4c5ccncc5c5sc6ccccc6c5c43)cccc12.c1ccc2c(c1)ccc1ccc(-n3c4ccccc4c4c5ccncc5c5sc6ccccc6c5c43)cc12.c1ccc2cc(-n3c4ccccc4c4c5ccncc5c5sc6ccccc6c5c43)ccc2c1.c1ccc2cc3cc(-n4c5ccccc5c5c6ccncc6c6sc7ccccc7c6c54)ccc3cc2c1. The second kappa shape index (κ2) is 32.6. The van der Waals surface area contributed by atoms with Gasteiger partial charge in [0.15, 0.2) is 0 Å². The maximum atomic E-state index is 4.55. The third-order valence-electron chi connectivity index (χ3n) is 31.1. The Morgan fingerprint density at radius 1 is 0.149 bits per heavy atom. The van der Waals surface area contributed by atoms with Crippen molar-refractivity contribution < 1.29 is 0 Å². The maximum absolute atomic E-state index is 4.55. The number of thiophene rings is 4. The summed E-state index contributed by atoms with van der Waals surface area (Å²) in [6.07, 6.45) is 15.9. The van der Waals surface area contributed by atoms with Crippen molar-refractivity contribution in [3.63, 3.8) is 0 Å². The minimum atomic E-state index is 1.18. The number of benzene rings is 23. The molecule has 0 N–H and O–H groups in total. The number of hydrogen-bond acceptors (Lipinski definition) is 8. The monoisotopic (exact) mass is 1950 g/mol. The van der Waals surface area contributed by atoms with Crippen molar-refractivity contribution in [3.8, 4) is 22.7 Å². The summed E-state index contributed by atoms with van der Waals surface area (Å²) in [7, 11) is 0. The van der Waals surface area contributed by atoms with Gasteiger partial charge >= 0.3 is 0 Å². The molecule has 0 amide bonds.